The smallest absolute Gasteiger partial charge is 0.280 e. The van der Waals surface area contributed by atoms with Gasteiger partial charge in [0.05, 0.1) is 25.7 Å². The van der Waals surface area contributed by atoms with Crippen LogP contribution in [0.25, 0.3) is 0 Å². The minimum atomic E-state index is -0.957. The molecule has 19 heavy (non-hydrogen) atoms. The molecule has 1 fully saturated rings. The molecule has 1 heterocycles. The summed E-state index contributed by atoms with van der Waals surface area (Å²) >= 11 is 0. The van der Waals surface area contributed by atoms with Crippen LogP contribution in [-0.4, -0.2) is 30.5 Å². The van der Waals surface area contributed by atoms with Gasteiger partial charge in [0.25, 0.3) is 5.91 Å². The first-order valence-electron chi connectivity index (χ1n) is 6.53. The van der Waals surface area contributed by atoms with Gasteiger partial charge in [0.2, 0.25) is 0 Å². The predicted octanol–water partition coefficient (Wildman–Crippen LogP) is 2.12. The molecule has 0 aliphatic carbocycles. The van der Waals surface area contributed by atoms with Crippen LogP contribution in [0.1, 0.15) is 30.9 Å². The van der Waals surface area contributed by atoms with Gasteiger partial charge in [0, 0.05) is 0 Å². The van der Waals surface area contributed by atoms with Crippen LogP contribution < -0.4 is 5.73 Å². The van der Waals surface area contributed by atoms with Gasteiger partial charge in [0.15, 0.2) is 6.04 Å². The zero-order chi connectivity index (χ0) is 14.0. The average Bonchev–Trinajstić information content (AvgIpc) is 2.34. The van der Waals surface area contributed by atoms with Gasteiger partial charge in [0.1, 0.15) is 11.6 Å². The largest absolute Gasteiger partial charge is 0.364 e. The summed E-state index contributed by atoms with van der Waals surface area (Å²) in [6.45, 7) is 1.42. The monoisotopic (exact) mass is 269 g/mol. The summed E-state index contributed by atoms with van der Waals surface area (Å²) in [4.78, 5) is 11.8. The van der Waals surface area contributed by atoms with Crippen LogP contribution in [0.5, 0.6) is 0 Å². The van der Waals surface area contributed by atoms with E-state index in [-0.39, 0.29) is 10.0 Å². The molecule has 0 bridgehead atoms. The summed E-state index contributed by atoms with van der Waals surface area (Å²) in [6.07, 6.45) is 2.96. The Kier molecular flexibility index (Phi) is 3.85. The minimum absolute atomic E-state index is 0.195. The Morgan fingerprint density at radius 3 is 2.21 bits per heavy atom. The SMILES string of the molecule is C[N+]1(C(C(N)=O)c2c(F)cccc2F)CCCCC1. The van der Waals surface area contributed by atoms with Crippen molar-refractivity contribution in [3.8, 4) is 0 Å². The van der Waals surface area contributed by atoms with E-state index in [1.54, 1.807) is 0 Å². The molecule has 0 aromatic heterocycles. The maximum atomic E-state index is 13.9. The number of carbonyl (C=O) groups excluding carboxylic acids is 1. The van der Waals surface area contributed by atoms with Crippen LogP contribution in [0.2, 0.25) is 0 Å². The number of carbonyl (C=O) groups is 1. The van der Waals surface area contributed by atoms with Gasteiger partial charge in [-0.15, -0.1) is 0 Å². The van der Waals surface area contributed by atoms with Gasteiger partial charge in [-0.2, -0.15) is 0 Å². The lowest BCUT2D eigenvalue weighted by atomic mass is 9.97. The van der Waals surface area contributed by atoms with Crippen molar-refractivity contribution in [2.45, 2.75) is 25.3 Å². The van der Waals surface area contributed by atoms with Gasteiger partial charge in [-0.25, -0.2) is 8.78 Å². The maximum Gasteiger partial charge on any atom is 0.280 e. The number of nitrogens with two attached hydrogens (primary N) is 1. The highest BCUT2D eigenvalue weighted by Gasteiger charge is 2.42. The number of benzene rings is 1. The van der Waals surface area contributed by atoms with Crippen molar-refractivity contribution in [2.24, 2.45) is 5.73 Å². The molecule has 1 aromatic carbocycles. The first kappa shape index (κ1) is 13.9. The van der Waals surface area contributed by atoms with Crippen molar-refractivity contribution < 1.29 is 18.1 Å². The molecule has 0 spiro atoms. The fourth-order valence-corrected chi connectivity index (χ4v) is 3.03. The number of likely N-dealkylation sites (N-methyl/N-ethyl adjacent to an activating group) is 1. The van der Waals surface area contributed by atoms with Crippen LogP contribution in [0, 0.1) is 11.6 Å². The first-order chi connectivity index (χ1) is 8.96. The number of nitrogens with zero attached hydrogens (tertiary/aromatic N) is 1. The Balaban J connectivity index is 2.48. The molecule has 0 radical (unpaired) electrons. The third-order valence-corrected chi connectivity index (χ3v) is 4.00. The molecule has 5 heteroatoms. The Labute approximate surface area is 111 Å². The minimum Gasteiger partial charge on any atom is -0.364 e. The van der Waals surface area contributed by atoms with E-state index in [4.69, 9.17) is 5.73 Å². The molecule has 1 aromatic rings. The number of quaternary nitrogens is 1. The quantitative estimate of drug-likeness (QED) is 0.839. The third kappa shape index (κ3) is 2.61. The second-order valence-electron chi connectivity index (χ2n) is 5.43. The van der Waals surface area contributed by atoms with Crippen molar-refractivity contribution in [1.29, 1.82) is 0 Å². The first-order valence-corrected chi connectivity index (χ1v) is 6.53. The molecule has 1 amide bonds. The zero-order valence-corrected chi connectivity index (χ0v) is 11.0. The topological polar surface area (TPSA) is 43.1 Å². The zero-order valence-electron chi connectivity index (χ0n) is 11.0. The number of piperidine rings is 1. The van der Waals surface area contributed by atoms with E-state index in [0.717, 1.165) is 19.3 Å². The van der Waals surface area contributed by atoms with E-state index in [0.29, 0.717) is 13.1 Å². The molecule has 104 valence electrons. The van der Waals surface area contributed by atoms with Crippen LogP contribution in [0.15, 0.2) is 18.2 Å². The lowest BCUT2D eigenvalue weighted by molar-refractivity contribution is -0.934. The summed E-state index contributed by atoms with van der Waals surface area (Å²) in [5.74, 6) is -2.07. The maximum absolute atomic E-state index is 13.9. The number of hydrogen-bond donors (Lipinski definition) is 1. The Morgan fingerprint density at radius 1 is 1.21 bits per heavy atom. The summed E-state index contributed by atoms with van der Waals surface area (Å²) < 4.78 is 28.1. The molecular formula is C14H19F2N2O+. The van der Waals surface area contributed by atoms with Crippen molar-refractivity contribution in [3.63, 3.8) is 0 Å². The standard InChI is InChI=1S/C14H18F2N2O/c1-18(8-3-2-4-9-18)13(14(17)19)12-10(15)6-5-7-11(12)16/h5-7,13H,2-4,8-9H2,1H3,(H-,17,19)/p+1. The molecule has 1 unspecified atom stereocenters. The van der Waals surface area contributed by atoms with Gasteiger partial charge in [-0.05, 0) is 31.4 Å². The molecule has 1 aliphatic rings. The van der Waals surface area contributed by atoms with E-state index >= 15 is 0 Å². The van der Waals surface area contributed by atoms with Crippen molar-refractivity contribution in [3.05, 3.63) is 35.4 Å². The summed E-state index contributed by atoms with van der Waals surface area (Å²) in [7, 11) is 1.85. The van der Waals surface area contributed by atoms with E-state index in [2.05, 4.69) is 0 Å². The lowest BCUT2D eigenvalue weighted by Crippen LogP contribution is -2.55. The van der Waals surface area contributed by atoms with Crippen molar-refractivity contribution in [2.75, 3.05) is 20.1 Å². The normalized spacial score (nSPS) is 19.9. The number of hydrogen-bond acceptors (Lipinski definition) is 1. The van der Waals surface area contributed by atoms with E-state index in [1.165, 1.54) is 18.2 Å². The van der Waals surface area contributed by atoms with Gasteiger partial charge in [-0.1, -0.05) is 6.07 Å². The Bertz CT molecular complexity index is 464. The fourth-order valence-electron chi connectivity index (χ4n) is 3.03. The van der Waals surface area contributed by atoms with Crippen molar-refractivity contribution in [1.82, 2.24) is 0 Å². The molecule has 1 saturated heterocycles. The average molecular weight is 269 g/mol. The summed E-state index contributed by atoms with van der Waals surface area (Å²) in [5, 5.41) is 0. The fraction of sp³-hybridized carbons (Fsp3) is 0.500. The van der Waals surface area contributed by atoms with Crippen LogP contribution in [-0.2, 0) is 4.79 Å². The number of amides is 1. The number of likely N-dealkylation sites (tertiary alicyclic amines) is 1. The Hall–Kier alpha value is -1.49. The molecule has 0 saturated carbocycles. The molecule has 2 N–H and O–H groups in total. The van der Waals surface area contributed by atoms with Gasteiger partial charge >= 0.3 is 0 Å². The van der Waals surface area contributed by atoms with Crippen LogP contribution in [0.4, 0.5) is 8.78 Å². The van der Waals surface area contributed by atoms with Gasteiger partial charge < -0.3 is 10.2 Å². The predicted molar refractivity (Wildman–Crippen MR) is 68.1 cm³/mol. The lowest BCUT2D eigenvalue weighted by Gasteiger charge is -2.42. The molecule has 2 rings (SSSR count). The van der Waals surface area contributed by atoms with E-state index in [1.807, 2.05) is 7.05 Å². The molecule has 1 aliphatic heterocycles. The number of rotatable bonds is 3. The number of primary amides is 1. The van der Waals surface area contributed by atoms with Crippen LogP contribution in [0.3, 0.4) is 0 Å². The Morgan fingerprint density at radius 2 is 1.74 bits per heavy atom. The summed E-state index contributed by atoms with van der Waals surface area (Å²) in [5.41, 5.74) is 5.24. The molecule has 3 nitrogen and oxygen atoms in total. The highest BCUT2D eigenvalue weighted by molar-refractivity contribution is 5.80. The second-order valence-corrected chi connectivity index (χ2v) is 5.43. The third-order valence-electron chi connectivity index (χ3n) is 4.00. The van der Waals surface area contributed by atoms with Gasteiger partial charge in [-0.3, -0.25) is 4.79 Å². The summed E-state index contributed by atoms with van der Waals surface area (Å²) in [6, 6.07) is 2.68. The van der Waals surface area contributed by atoms with E-state index < -0.39 is 23.6 Å². The van der Waals surface area contributed by atoms with Crippen LogP contribution >= 0.6 is 0 Å². The highest BCUT2D eigenvalue weighted by Crippen LogP contribution is 2.33. The highest BCUT2D eigenvalue weighted by atomic mass is 19.1. The molecular weight excluding hydrogens is 250 g/mol. The van der Waals surface area contributed by atoms with Crippen molar-refractivity contribution >= 4 is 5.91 Å². The second kappa shape index (κ2) is 5.25. The number of halogens is 2. The molecule has 1 atom stereocenters. The van der Waals surface area contributed by atoms with E-state index in [9.17, 15) is 13.6 Å².